The van der Waals surface area contributed by atoms with Crippen LogP contribution in [0.3, 0.4) is 0 Å². The van der Waals surface area contributed by atoms with Crippen molar-refractivity contribution < 1.29 is 19.7 Å². The Bertz CT molecular complexity index is 1140. The van der Waals surface area contributed by atoms with Crippen LogP contribution in [-0.4, -0.2) is 65.6 Å². The van der Waals surface area contributed by atoms with Crippen LogP contribution in [0.1, 0.15) is 47.6 Å². The van der Waals surface area contributed by atoms with E-state index in [4.69, 9.17) is 4.74 Å². The van der Waals surface area contributed by atoms with Crippen molar-refractivity contribution in [2.24, 2.45) is 5.92 Å². The van der Waals surface area contributed by atoms with Crippen LogP contribution in [0.2, 0.25) is 0 Å². The average Bonchev–Trinajstić information content (AvgIpc) is 3.32. The Morgan fingerprint density at radius 2 is 2.06 bits per heavy atom. The topological polar surface area (TPSA) is 148 Å². The molecule has 1 fully saturated rings. The highest BCUT2D eigenvalue weighted by Gasteiger charge is 2.32. The first kappa shape index (κ1) is 23.7. The van der Waals surface area contributed by atoms with Crippen molar-refractivity contribution in [1.29, 1.82) is 0 Å². The second-order valence-electron chi connectivity index (χ2n) is 8.71. The third kappa shape index (κ3) is 5.72. The molecule has 0 atom stereocenters. The van der Waals surface area contributed by atoms with Crippen LogP contribution in [0.5, 0.6) is 5.75 Å². The van der Waals surface area contributed by atoms with Gasteiger partial charge in [0.1, 0.15) is 23.0 Å². The highest BCUT2D eigenvalue weighted by Crippen LogP contribution is 2.32. The number of benzene rings is 1. The van der Waals surface area contributed by atoms with E-state index in [0.717, 1.165) is 24.2 Å². The quantitative estimate of drug-likeness (QED) is 0.445. The van der Waals surface area contributed by atoms with Crippen LogP contribution in [0, 0.1) is 12.8 Å². The van der Waals surface area contributed by atoms with E-state index in [1.165, 1.54) is 4.80 Å². The van der Waals surface area contributed by atoms with Crippen molar-refractivity contribution in [3.05, 3.63) is 47.4 Å². The van der Waals surface area contributed by atoms with Gasteiger partial charge in [-0.1, -0.05) is 12.1 Å². The largest absolute Gasteiger partial charge is 0.497 e. The van der Waals surface area contributed by atoms with Crippen molar-refractivity contribution >= 4 is 5.91 Å². The molecular weight excluding hydrogens is 438 g/mol. The van der Waals surface area contributed by atoms with Gasteiger partial charge in [-0.2, -0.15) is 4.80 Å². The summed E-state index contributed by atoms with van der Waals surface area (Å²) in [6.45, 7) is 2.38. The van der Waals surface area contributed by atoms with Gasteiger partial charge in [-0.25, -0.2) is 9.97 Å². The standard InChI is InChI=1S/C23H29N7O4/c1-15-25-19(11-20(26-15)22(32)24-12-17-4-3-5-18(10-17)34-2)21-27-29-30(28-21)13-16-6-8-23(33,14-31)9-7-16/h3-5,10-11,16,31,33H,6-9,12-14H2,1-2H3,(H,24,32)/t16-,23-. The Balaban J connectivity index is 1.41. The molecular formula is C23H29N7O4. The molecule has 4 rings (SSSR count). The lowest BCUT2D eigenvalue weighted by molar-refractivity contribution is -0.0535. The van der Waals surface area contributed by atoms with E-state index in [1.54, 1.807) is 20.1 Å². The molecule has 34 heavy (non-hydrogen) atoms. The summed E-state index contributed by atoms with van der Waals surface area (Å²) in [5.74, 6) is 1.42. The van der Waals surface area contributed by atoms with E-state index in [1.807, 2.05) is 24.3 Å². The second-order valence-corrected chi connectivity index (χ2v) is 8.71. The van der Waals surface area contributed by atoms with Gasteiger partial charge < -0.3 is 20.3 Å². The predicted molar refractivity (Wildman–Crippen MR) is 122 cm³/mol. The Morgan fingerprint density at radius 3 is 2.79 bits per heavy atom. The van der Waals surface area contributed by atoms with Gasteiger partial charge >= 0.3 is 0 Å². The molecule has 1 aliphatic rings. The molecule has 0 radical (unpaired) electrons. The minimum atomic E-state index is -0.973. The van der Waals surface area contributed by atoms with Crippen LogP contribution >= 0.6 is 0 Å². The fourth-order valence-electron chi connectivity index (χ4n) is 4.06. The first-order valence-corrected chi connectivity index (χ1v) is 11.3. The molecule has 1 aromatic carbocycles. The number of methoxy groups -OCH3 is 1. The van der Waals surface area contributed by atoms with Crippen molar-refractivity contribution in [2.45, 2.75) is 51.3 Å². The molecule has 1 saturated carbocycles. The first-order chi connectivity index (χ1) is 16.4. The van der Waals surface area contributed by atoms with Crippen LogP contribution in [0.25, 0.3) is 11.5 Å². The van der Waals surface area contributed by atoms with E-state index in [2.05, 4.69) is 30.7 Å². The summed E-state index contributed by atoms with van der Waals surface area (Å²) in [7, 11) is 1.60. The van der Waals surface area contributed by atoms with Gasteiger partial charge in [-0.05, 0) is 67.5 Å². The number of amides is 1. The molecule has 2 aromatic heterocycles. The number of aliphatic hydroxyl groups excluding tert-OH is 1. The number of hydrogen-bond acceptors (Lipinski definition) is 9. The number of carbonyl (C=O) groups is 1. The molecule has 3 N–H and O–H groups in total. The van der Waals surface area contributed by atoms with Gasteiger partial charge in [0.15, 0.2) is 0 Å². The van der Waals surface area contributed by atoms with Crippen molar-refractivity contribution in [3.63, 3.8) is 0 Å². The normalized spacial score (nSPS) is 20.2. The number of nitrogens with one attached hydrogen (secondary N) is 1. The molecule has 180 valence electrons. The van der Waals surface area contributed by atoms with Crippen LogP contribution < -0.4 is 10.1 Å². The van der Waals surface area contributed by atoms with E-state index < -0.39 is 5.60 Å². The molecule has 0 saturated heterocycles. The van der Waals surface area contributed by atoms with Crippen LogP contribution in [0.4, 0.5) is 0 Å². The van der Waals surface area contributed by atoms with Crippen molar-refractivity contribution in [2.75, 3.05) is 13.7 Å². The maximum atomic E-state index is 12.7. The number of rotatable bonds is 8. The summed E-state index contributed by atoms with van der Waals surface area (Å²) in [6, 6.07) is 9.02. The lowest BCUT2D eigenvalue weighted by Crippen LogP contribution is -2.38. The third-order valence-electron chi connectivity index (χ3n) is 6.09. The number of carbonyl (C=O) groups excluding carboxylic acids is 1. The molecule has 0 aliphatic heterocycles. The molecule has 0 spiro atoms. The number of nitrogens with zero attached hydrogens (tertiary/aromatic N) is 6. The molecule has 0 unspecified atom stereocenters. The second kappa shape index (κ2) is 10.2. The third-order valence-corrected chi connectivity index (χ3v) is 6.09. The van der Waals surface area contributed by atoms with Gasteiger partial charge in [-0.15, -0.1) is 10.2 Å². The highest BCUT2D eigenvalue weighted by molar-refractivity contribution is 5.93. The first-order valence-electron chi connectivity index (χ1n) is 11.3. The summed E-state index contributed by atoms with van der Waals surface area (Å²) in [4.78, 5) is 22.9. The SMILES string of the molecule is COc1cccc(CNC(=O)c2cc(-c3nnn(C[C@H]4CC[C@@](O)(CO)CC4)n3)nc(C)n2)c1. The maximum absolute atomic E-state index is 12.7. The minimum Gasteiger partial charge on any atom is -0.497 e. The zero-order valence-corrected chi connectivity index (χ0v) is 19.3. The molecule has 1 amide bonds. The van der Waals surface area contributed by atoms with E-state index in [-0.39, 0.29) is 18.2 Å². The summed E-state index contributed by atoms with van der Waals surface area (Å²) in [6.07, 6.45) is 2.65. The summed E-state index contributed by atoms with van der Waals surface area (Å²) < 4.78 is 5.21. The molecule has 11 nitrogen and oxygen atoms in total. The Morgan fingerprint density at radius 1 is 1.26 bits per heavy atom. The van der Waals surface area contributed by atoms with Gasteiger partial charge in [0.25, 0.3) is 5.91 Å². The molecule has 3 aromatic rings. The monoisotopic (exact) mass is 467 g/mol. The van der Waals surface area contributed by atoms with Gasteiger partial charge in [0.2, 0.25) is 5.82 Å². The molecule has 11 heteroatoms. The lowest BCUT2D eigenvalue weighted by atomic mass is 9.79. The molecule has 2 heterocycles. The van der Waals surface area contributed by atoms with Crippen molar-refractivity contribution in [1.82, 2.24) is 35.5 Å². The average molecular weight is 468 g/mol. The van der Waals surface area contributed by atoms with E-state index in [9.17, 15) is 15.0 Å². The number of aryl methyl sites for hydroxylation is 1. The lowest BCUT2D eigenvalue weighted by Gasteiger charge is -2.34. The number of aromatic nitrogens is 6. The number of hydrogen-bond donors (Lipinski definition) is 3. The molecule has 1 aliphatic carbocycles. The predicted octanol–water partition coefficient (Wildman–Crippen LogP) is 1.29. The summed E-state index contributed by atoms with van der Waals surface area (Å²) in [5.41, 5.74) is 0.573. The fraction of sp³-hybridized carbons (Fsp3) is 0.478. The maximum Gasteiger partial charge on any atom is 0.270 e. The Hall–Kier alpha value is -3.44. The zero-order chi connectivity index (χ0) is 24.1. The van der Waals surface area contributed by atoms with E-state index >= 15 is 0 Å². The number of aliphatic hydroxyl groups is 2. The highest BCUT2D eigenvalue weighted by atomic mass is 16.5. The molecule has 0 bridgehead atoms. The smallest absolute Gasteiger partial charge is 0.270 e. The zero-order valence-electron chi connectivity index (χ0n) is 19.3. The van der Waals surface area contributed by atoms with Gasteiger partial charge in [-0.3, -0.25) is 4.79 Å². The van der Waals surface area contributed by atoms with Crippen LogP contribution in [0.15, 0.2) is 30.3 Å². The Labute approximate surface area is 197 Å². The summed E-state index contributed by atoms with van der Waals surface area (Å²) >= 11 is 0. The van der Waals surface area contributed by atoms with Gasteiger partial charge in [0, 0.05) is 6.54 Å². The number of tetrazole rings is 1. The fourth-order valence-corrected chi connectivity index (χ4v) is 4.06. The van der Waals surface area contributed by atoms with Crippen molar-refractivity contribution in [3.8, 4) is 17.3 Å². The van der Waals surface area contributed by atoms with Crippen LogP contribution in [-0.2, 0) is 13.1 Å². The number of ether oxygens (including phenoxy) is 1. The minimum absolute atomic E-state index is 0.214. The van der Waals surface area contributed by atoms with Gasteiger partial charge in [0.05, 0.1) is 25.9 Å². The Kier molecular flexibility index (Phi) is 7.13. The summed E-state index contributed by atoms with van der Waals surface area (Å²) in [5, 5.41) is 35.0. The van der Waals surface area contributed by atoms with E-state index in [0.29, 0.717) is 49.2 Å².